The number of hydrogen-bond donors (Lipinski definition) is 2. The number of hydrogen-bond acceptors (Lipinski definition) is 3. The van der Waals surface area contributed by atoms with E-state index in [1.165, 1.54) is 22.0 Å². The summed E-state index contributed by atoms with van der Waals surface area (Å²) in [6.45, 7) is 3.39. The molecule has 5 heteroatoms. The zero-order valence-corrected chi connectivity index (χ0v) is 13.2. The maximum Gasteiger partial charge on any atom is 0.0563 e. The molecule has 4 rings (SSSR count). The molecule has 0 bridgehead atoms. The lowest BCUT2D eigenvalue weighted by Gasteiger charge is -2.22. The monoisotopic (exact) mass is 310 g/mol. The van der Waals surface area contributed by atoms with Gasteiger partial charge in [0.1, 0.15) is 0 Å². The summed E-state index contributed by atoms with van der Waals surface area (Å²) in [5.74, 6) is 0. The number of aromatic amines is 1. The van der Waals surface area contributed by atoms with Gasteiger partial charge >= 0.3 is 0 Å². The maximum atomic E-state index is 5.41. The van der Waals surface area contributed by atoms with Crippen molar-refractivity contribution in [1.29, 1.82) is 0 Å². The van der Waals surface area contributed by atoms with Crippen molar-refractivity contribution in [2.24, 2.45) is 0 Å². The second-order valence-electron chi connectivity index (χ2n) is 6.13. The molecule has 0 amide bonds. The summed E-state index contributed by atoms with van der Waals surface area (Å²) in [4.78, 5) is 3.26. The van der Waals surface area contributed by atoms with Crippen LogP contribution in [0.15, 0.2) is 42.9 Å². The molecule has 5 nitrogen and oxygen atoms in total. The molecule has 1 aliphatic rings. The third-order valence-corrected chi connectivity index (χ3v) is 4.55. The van der Waals surface area contributed by atoms with E-state index < -0.39 is 0 Å². The lowest BCUT2D eigenvalue weighted by molar-refractivity contribution is 0.0662. The highest BCUT2D eigenvalue weighted by Gasteiger charge is 2.16. The molecule has 0 atom stereocenters. The van der Waals surface area contributed by atoms with E-state index in [1.54, 1.807) is 0 Å². The molecule has 23 heavy (non-hydrogen) atoms. The van der Waals surface area contributed by atoms with Crippen molar-refractivity contribution >= 4 is 10.9 Å². The standard InChI is InChI=1S/C18H22N4O/c1-2-15(17-4-7-20-18(17)3-1)12-19-10-14-11-21-22(13-14)16-5-8-23-9-6-16/h1-4,7,11,13,16,19-20H,5-6,8-10,12H2. The van der Waals surface area contributed by atoms with E-state index in [0.29, 0.717) is 6.04 Å². The van der Waals surface area contributed by atoms with Gasteiger partial charge in [-0.05, 0) is 30.5 Å². The zero-order chi connectivity index (χ0) is 15.5. The first-order valence-corrected chi connectivity index (χ1v) is 8.26. The Hall–Kier alpha value is -2.11. The molecule has 3 aromatic rings. The SMILES string of the molecule is c1cc(CNCc2cnn(C3CCOCC3)c2)c2cc[nH]c2c1. The fourth-order valence-electron chi connectivity index (χ4n) is 3.26. The highest BCUT2D eigenvalue weighted by Crippen LogP contribution is 2.20. The van der Waals surface area contributed by atoms with Crippen molar-refractivity contribution in [3.63, 3.8) is 0 Å². The number of benzene rings is 1. The normalized spacial score (nSPS) is 16.2. The quantitative estimate of drug-likeness (QED) is 0.761. The number of H-pyrrole nitrogens is 1. The van der Waals surface area contributed by atoms with Gasteiger partial charge in [-0.15, -0.1) is 0 Å². The summed E-state index contributed by atoms with van der Waals surface area (Å²) in [7, 11) is 0. The molecule has 3 heterocycles. The van der Waals surface area contributed by atoms with E-state index in [1.807, 2.05) is 12.4 Å². The van der Waals surface area contributed by atoms with Crippen LogP contribution < -0.4 is 5.32 Å². The van der Waals surface area contributed by atoms with Gasteiger partial charge in [0.25, 0.3) is 0 Å². The van der Waals surface area contributed by atoms with Crippen molar-refractivity contribution in [1.82, 2.24) is 20.1 Å². The van der Waals surface area contributed by atoms with Crippen LogP contribution in [0, 0.1) is 0 Å². The summed E-state index contributed by atoms with van der Waals surface area (Å²) < 4.78 is 7.52. The lowest BCUT2D eigenvalue weighted by atomic mass is 10.1. The molecule has 0 saturated carbocycles. The molecule has 0 unspecified atom stereocenters. The fourth-order valence-corrected chi connectivity index (χ4v) is 3.26. The Morgan fingerprint density at radius 2 is 2.13 bits per heavy atom. The average molecular weight is 310 g/mol. The number of rotatable bonds is 5. The van der Waals surface area contributed by atoms with Crippen LogP contribution in [0.4, 0.5) is 0 Å². The molecule has 2 N–H and O–H groups in total. The predicted octanol–water partition coefficient (Wildman–Crippen LogP) is 3.01. The molecule has 0 aliphatic carbocycles. The number of ether oxygens (including phenoxy) is 1. The van der Waals surface area contributed by atoms with Gasteiger partial charge in [-0.25, -0.2) is 0 Å². The minimum atomic E-state index is 0.492. The number of nitrogens with one attached hydrogen (secondary N) is 2. The third-order valence-electron chi connectivity index (χ3n) is 4.55. The Balaban J connectivity index is 1.36. The Morgan fingerprint density at radius 3 is 3.04 bits per heavy atom. The topological polar surface area (TPSA) is 54.9 Å². The molecular weight excluding hydrogens is 288 g/mol. The Bertz CT molecular complexity index is 770. The van der Waals surface area contributed by atoms with E-state index >= 15 is 0 Å². The van der Waals surface area contributed by atoms with Crippen LogP contribution in [0.1, 0.15) is 30.0 Å². The van der Waals surface area contributed by atoms with Crippen molar-refractivity contribution < 1.29 is 4.74 Å². The maximum absolute atomic E-state index is 5.41. The minimum Gasteiger partial charge on any atom is -0.381 e. The molecule has 120 valence electrons. The van der Waals surface area contributed by atoms with Crippen molar-refractivity contribution in [2.75, 3.05) is 13.2 Å². The van der Waals surface area contributed by atoms with E-state index in [2.05, 4.69) is 50.5 Å². The Labute approximate surface area is 135 Å². The summed E-state index contributed by atoms with van der Waals surface area (Å²) >= 11 is 0. The van der Waals surface area contributed by atoms with Crippen LogP contribution in [0.5, 0.6) is 0 Å². The lowest BCUT2D eigenvalue weighted by Crippen LogP contribution is -2.19. The molecule has 1 aromatic carbocycles. The van der Waals surface area contributed by atoms with Crippen molar-refractivity contribution in [3.8, 4) is 0 Å². The third kappa shape index (κ3) is 3.16. The zero-order valence-electron chi connectivity index (χ0n) is 13.2. The average Bonchev–Trinajstić information content (AvgIpc) is 3.25. The van der Waals surface area contributed by atoms with Crippen LogP contribution in [-0.4, -0.2) is 28.0 Å². The highest BCUT2D eigenvalue weighted by molar-refractivity contribution is 5.82. The van der Waals surface area contributed by atoms with E-state index in [9.17, 15) is 0 Å². The first-order chi connectivity index (χ1) is 11.4. The highest BCUT2D eigenvalue weighted by atomic mass is 16.5. The van der Waals surface area contributed by atoms with Crippen LogP contribution in [0.3, 0.4) is 0 Å². The Morgan fingerprint density at radius 1 is 1.22 bits per heavy atom. The van der Waals surface area contributed by atoms with Gasteiger partial charge in [-0.2, -0.15) is 5.10 Å². The summed E-state index contributed by atoms with van der Waals surface area (Å²) in [5, 5.41) is 9.34. The van der Waals surface area contributed by atoms with E-state index in [4.69, 9.17) is 4.74 Å². The van der Waals surface area contributed by atoms with Gasteiger partial charge in [-0.3, -0.25) is 4.68 Å². The summed E-state index contributed by atoms with van der Waals surface area (Å²) in [6.07, 6.45) is 8.25. The molecule has 0 spiro atoms. The van der Waals surface area contributed by atoms with E-state index in [-0.39, 0.29) is 0 Å². The van der Waals surface area contributed by atoms with Crippen LogP contribution in [0.2, 0.25) is 0 Å². The first-order valence-electron chi connectivity index (χ1n) is 8.26. The molecule has 1 fully saturated rings. The molecule has 0 radical (unpaired) electrons. The van der Waals surface area contributed by atoms with Gasteiger partial charge in [0.05, 0.1) is 12.2 Å². The number of aromatic nitrogens is 3. The van der Waals surface area contributed by atoms with Crippen molar-refractivity contribution in [2.45, 2.75) is 32.0 Å². The molecular formula is C18H22N4O. The largest absolute Gasteiger partial charge is 0.381 e. The van der Waals surface area contributed by atoms with Gasteiger partial charge < -0.3 is 15.0 Å². The number of nitrogens with zero attached hydrogens (tertiary/aromatic N) is 2. The van der Waals surface area contributed by atoms with Gasteiger partial charge in [-0.1, -0.05) is 12.1 Å². The fraction of sp³-hybridized carbons (Fsp3) is 0.389. The van der Waals surface area contributed by atoms with Gasteiger partial charge in [0, 0.05) is 55.2 Å². The molecule has 1 saturated heterocycles. The van der Waals surface area contributed by atoms with Gasteiger partial charge in [0.15, 0.2) is 0 Å². The summed E-state index contributed by atoms with van der Waals surface area (Å²) in [6, 6.07) is 9.01. The Kier molecular flexibility index (Phi) is 4.13. The van der Waals surface area contributed by atoms with Gasteiger partial charge in [0.2, 0.25) is 0 Å². The van der Waals surface area contributed by atoms with Crippen LogP contribution >= 0.6 is 0 Å². The number of fused-ring (bicyclic) bond motifs is 1. The summed E-state index contributed by atoms with van der Waals surface area (Å²) in [5.41, 5.74) is 3.75. The predicted molar refractivity (Wildman–Crippen MR) is 90.2 cm³/mol. The van der Waals surface area contributed by atoms with E-state index in [0.717, 1.165) is 39.1 Å². The second kappa shape index (κ2) is 6.56. The van der Waals surface area contributed by atoms with Crippen LogP contribution in [0.25, 0.3) is 10.9 Å². The minimum absolute atomic E-state index is 0.492. The smallest absolute Gasteiger partial charge is 0.0563 e. The first kappa shape index (κ1) is 14.5. The second-order valence-corrected chi connectivity index (χ2v) is 6.13. The molecule has 2 aromatic heterocycles. The molecule has 1 aliphatic heterocycles. The van der Waals surface area contributed by atoms with Crippen molar-refractivity contribution in [3.05, 3.63) is 54.0 Å². The van der Waals surface area contributed by atoms with Crippen LogP contribution in [-0.2, 0) is 17.8 Å².